The van der Waals surface area contributed by atoms with Crippen LogP contribution in [0.25, 0.3) is 0 Å². The molecule has 9 nitrogen and oxygen atoms in total. The minimum absolute atomic E-state index is 0.0742. The lowest BCUT2D eigenvalue weighted by atomic mass is 9.92. The van der Waals surface area contributed by atoms with E-state index in [2.05, 4.69) is 0 Å². The van der Waals surface area contributed by atoms with Crippen LogP contribution in [-0.2, 0) is 42.7 Å². The lowest BCUT2D eigenvalue weighted by Crippen LogP contribution is -2.44. The van der Waals surface area contributed by atoms with E-state index in [4.69, 9.17) is 33.2 Å². The van der Waals surface area contributed by atoms with Gasteiger partial charge in [-0.1, -0.05) is 60.7 Å². The van der Waals surface area contributed by atoms with Gasteiger partial charge in [0.25, 0.3) is 0 Å². The minimum Gasteiger partial charge on any atom is -0.463 e. The first-order chi connectivity index (χ1) is 17.9. The van der Waals surface area contributed by atoms with Gasteiger partial charge in [0.05, 0.1) is 39.6 Å². The first kappa shape index (κ1) is 27.2. The number of rotatable bonds is 10. The number of ether oxygens (including phenoxy) is 7. The van der Waals surface area contributed by atoms with Gasteiger partial charge < -0.3 is 33.2 Å². The quantitative estimate of drug-likeness (QED) is 0.348. The van der Waals surface area contributed by atoms with Crippen LogP contribution in [0.3, 0.4) is 0 Å². The molecule has 2 heterocycles. The Bertz CT molecular complexity index is 913. The molecule has 0 atom stereocenters. The van der Waals surface area contributed by atoms with E-state index < -0.39 is 35.3 Å². The van der Waals surface area contributed by atoms with Crippen LogP contribution in [0.2, 0.25) is 0 Å². The Balaban J connectivity index is 1.07. The summed E-state index contributed by atoms with van der Waals surface area (Å²) in [6.07, 6.45) is -0.986. The highest BCUT2D eigenvalue weighted by atomic mass is 16.7. The van der Waals surface area contributed by atoms with Crippen molar-refractivity contribution in [2.45, 2.75) is 26.4 Å². The van der Waals surface area contributed by atoms with Crippen LogP contribution in [0.4, 0.5) is 0 Å². The maximum atomic E-state index is 12.5. The van der Waals surface area contributed by atoms with E-state index in [1.54, 1.807) is 13.8 Å². The third-order valence-electron chi connectivity index (χ3n) is 6.26. The minimum atomic E-state index is -0.889. The van der Waals surface area contributed by atoms with E-state index in [1.807, 2.05) is 60.7 Å². The molecule has 2 aliphatic heterocycles. The SMILES string of the molecule is CC1(C(=O)OCCOCCOC(=O)C2(C)COC(c3ccccc3)OC2)COC(c2ccccc2)OC1. The van der Waals surface area contributed by atoms with Crippen LogP contribution in [0.5, 0.6) is 0 Å². The molecule has 4 rings (SSSR count). The third-order valence-corrected chi connectivity index (χ3v) is 6.26. The van der Waals surface area contributed by atoms with Gasteiger partial charge in [-0.05, 0) is 13.8 Å². The molecule has 0 N–H and O–H groups in total. The highest BCUT2D eigenvalue weighted by Gasteiger charge is 2.42. The Morgan fingerprint density at radius 3 is 1.35 bits per heavy atom. The average Bonchev–Trinajstić information content (AvgIpc) is 2.94. The molecule has 0 aliphatic carbocycles. The van der Waals surface area contributed by atoms with Crippen molar-refractivity contribution >= 4 is 11.9 Å². The van der Waals surface area contributed by atoms with Crippen molar-refractivity contribution in [1.29, 1.82) is 0 Å². The summed E-state index contributed by atoms with van der Waals surface area (Å²) in [4.78, 5) is 25.1. The lowest BCUT2D eigenvalue weighted by molar-refractivity contribution is -0.236. The monoisotopic (exact) mass is 514 g/mol. The van der Waals surface area contributed by atoms with Crippen molar-refractivity contribution in [2.75, 3.05) is 52.9 Å². The zero-order chi connectivity index (χ0) is 26.1. The van der Waals surface area contributed by atoms with E-state index >= 15 is 0 Å². The number of hydrogen-bond donors (Lipinski definition) is 0. The van der Waals surface area contributed by atoms with E-state index in [1.165, 1.54) is 0 Å². The topological polar surface area (TPSA) is 98.8 Å². The van der Waals surface area contributed by atoms with Gasteiger partial charge in [0, 0.05) is 11.1 Å². The molecule has 0 bridgehead atoms. The fourth-order valence-corrected chi connectivity index (χ4v) is 3.90. The van der Waals surface area contributed by atoms with Crippen molar-refractivity contribution in [3.8, 4) is 0 Å². The largest absolute Gasteiger partial charge is 0.463 e. The van der Waals surface area contributed by atoms with Gasteiger partial charge in [-0.2, -0.15) is 0 Å². The molecular formula is C28H34O9. The molecule has 0 unspecified atom stereocenters. The Kier molecular flexibility index (Phi) is 9.28. The average molecular weight is 515 g/mol. The van der Waals surface area contributed by atoms with Crippen LogP contribution < -0.4 is 0 Å². The summed E-state index contributed by atoms with van der Waals surface area (Å²) in [6, 6.07) is 19.1. The van der Waals surface area contributed by atoms with Gasteiger partial charge >= 0.3 is 11.9 Å². The molecule has 2 saturated heterocycles. The second kappa shape index (κ2) is 12.6. The summed E-state index contributed by atoms with van der Waals surface area (Å²) in [5.41, 5.74) is 0.0293. The third kappa shape index (κ3) is 7.15. The number of hydrogen-bond acceptors (Lipinski definition) is 9. The summed E-state index contributed by atoms with van der Waals surface area (Å²) in [6.45, 7) is 4.78. The van der Waals surface area contributed by atoms with Crippen LogP contribution in [-0.4, -0.2) is 64.8 Å². The van der Waals surface area contributed by atoms with E-state index in [0.717, 1.165) is 11.1 Å². The fourth-order valence-electron chi connectivity index (χ4n) is 3.90. The van der Waals surface area contributed by atoms with Crippen LogP contribution in [0, 0.1) is 10.8 Å². The molecule has 2 aliphatic rings. The van der Waals surface area contributed by atoms with Crippen molar-refractivity contribution in [3.05, 3.63) is 71.8 Å². The molecule has 200 valence electrons. The standard InChI is InChI=1S/C28H34O9/c1-27(17-34-23(35-18-27)21-9-5-3-6-10-21)25(29)32-15-13-31-14-16-33-26(30)28(2)19-36-24(37-20-28)22-11-7-4-8-12-22/h3-12,23-24H,13-20H2,1-2H3. The van der Waals surface area contributed by atoms with Gasteiger partial charge in [-0.3, -0.25) is 9.59 Å². The Morgan fingerprint density at radius 1 is 0.649 bits per heavy atom. The summed E-state index contributed by atoms with van der Waals surface area (Å²) >= 11 is 0. The number of carbonyl (C=O) groups is 2. The molecule has 0 aromatic heterocycles. The first-order valence-corrected chi connectivity index (χ1v) is 12.4. The Hall–Kier alpha value is -2.82. The van der Waals surface area contributed by atoms with Crippen molar-refractivity contribution in [1.82, 2.24) is 0 Å². The molecule has 2 aromatic rings. The maximum Gasteiger partial charge on any atom is 0.316 e. The molecule has 2 fully saturated rings. The molecule has 37 heavy (non-hydrogen) atoms. The maximum absolute atomic E-state index is 12.5. The highest BCUT2D eigenvalue weighted by Crippen LogP contribution is 2.33. The summed E-state index contributed by atoms with van der Waals surface area (Å²) in [5, 5.41) is 0. The molecule has 0 radical (unpaired) electrons. The number of esters is 2. The van der Waals surface area contributed by atoms with Crippen molar-refractivity contribution < 1.29 is 42.7 Å². The second-order valence-corrected chi connectivity index (χ2v) is 9.73. The van der Waals surface area contributed by atoms with Gasteiger partial charge in [0.15, 0.2) is 12.6 Å². The number of benzene rings is 2. The van der Waals surface area contributed by atoms with Gasteiger partial charge in [-0.15, -0.1) is 0 Å². The smallest absolute Gasteiger partial charge is 0.316 e. The van der Waals surface area contributed by atoms with Crippen LogP contribution in [0.1, 0.15) is 37.6 Å². The van der Waals surface area contributed by atoms with Gasteiger partial charge in [0.2, 0.25) is 0 Å². The fraction of sp³-hybridized carbons (Fsp3) is 0.500. The molecule has 0 spiro atoms. The van der Waals surface area contributed by atoms with E-state index in [9.17, 15) is 9.59 Å². The predicted octanol–water partition coefficient (Wildman–Crippen LogP) is 3.59. The molecule has 2 aromatic carbocycles. The normalized spacial score (nSPS) is 27.8. The lowest BCUT2D eigenvalue weighted by Gasteiger charge is -2.35. The first-order valence-electron chi connectivity index (χ1n) is 12.4. The summed E-state index contributed by atoms with van der Waals surface area (Å²) in [5.74, 6) is -0.818. The summed E-state index contributed by atoms with van der Waals surface area (Å²) in [7, 11) is 0. The summed E-state index contributed by atoms with van der Waals surface area (Å²) < 4.78 is 39.1. The molecule has 0 saturated carbocycles. The van der Waals surface area contributed by atoms with Crippen LogP contribution >= 0.6 is 0 Å². The molecular weight excluding hydrogens is 480 g/mol. The van der Waals surface area contributed by atoms with Crippen molar-refractivity contribution in [2.24, 2.45) is 10.8 Å². The van der Waals surface area contributed by atoms with E-state index in [-0.39, 0.29) is 52.9 Å². The van der Waals surface area contributed by atoms with E-state index in [0.29, 0.717) is 0 Å². The molecule has 9 heteroatoms. The zero-order valence-corrected chi connectivity index (χ0v) is 21.3. The van der Waals surface area contributed by atoms with Crippen molar-refractivity contribution in [3.63, 3.8) is 0 Å². The predicted molar refractivity (Wildman–Crippen MR) is 131 cm³/mol. The Labute approximate surface area is 216 Å². The zero-order valence-electron chi connectivity index (χ0n) is 21.3. The number of carbonyl (C=O) groups excluding carboxylic acids is 2. The molecule has 0 amide bonds. The Morgan fingerprint density at radius 2 is 1.00 bits per heavy atom. The van der Waals surface area contributed by atoms with Gasteiger partial charge in [-0.25, -0.2) is 0 Å². The second-order valence-electron chi connectivity index (χ2n) is 9.73. The van der Waals surface area contributed by atoms with Gasteiger partial charge in [0.1, 0.15) is 24.0 Å². The highest BCUT2D eigenvalue weighted by molar-refractivity contribution is 5.77. The van der Waals surface area contributed by atoms with Crippen LogP contribution in [0.15, 0.2) is 60.7 Å².